The number of thiazole rings is 1. The van der Waals surface area contributed by atoms with Crippen LogP contribution < -0.4 is 5.32 Å². The highest BCUT2D eigenvalue weighted by atomic mass is 35.5. The van der Waals surface area contributed by atoms with Gasteiger partial charge in [0.1, 0.15) is 5.52 Å². The van der Waals surface area contributed by atoms with Crippen LogP contribution in [0.15, 0.2) is 41.9 Å². The number of non-ortho nitro benzene ring substituents is 1. The summed E-state index contributed by atoms with van der Waals surface area (Å²) in [6, 6.07) is 10.3. The molecule has 0 spiro atoms. The molecule has 1 N–H and O–H groups in total. The number of halogens is 1. The van der Waals surface area contributed by atoms with Crippen molar-refractivity contribution >= 4 is 44.5 Å². The largest absolute Gasteiger partial charge is 0.378 e. The molecule has 7 heteroatoms. The Morgan fingerprint density at radius 1 is 1.33 bits per heavy atom. The van der Waals surface area contributed by atoms with Crippen LogP contribution in [0, 0.1) is 10.1 Å². The summed E-state index contributed by atoms with van der Waals surface area (Å²) in [5, 5.41) is 14.6. The molecule has 106 valence electrons. The molecule has 0 saturated heterocycles. The van der Waals surface area contributed by atoms with E-state index in [1.165, 1.54) is 17.4 Å². The van der Waals surface area contributed by atoms with Crippen LogP contribution in [-0.2, 0) is 6.54 Å². The number of anilines is 1. The molecule has 0 bridgehead atoms. The molecule has 5 nitrogen and oxygen atoms in total. The monoisotopic (exact) mass is 319 g/mol. The fourth-order valence-electron chi connectivity index (χ4n) is 2.05. The number of nitro benzene ring substituents is 1. The molecule has 0 amide bonds. The Balaban J connectivity index is 1.86. The van der Waals surface area contributed by atoms with Crippen molar-refractivity contribution in [1.82, 2.24) is 4.98 Å². The molecule has 0 radical (unpaired) electrons. The molecular formula is C14H10ClN3O2S. The highest BCUT2D eigenvalue weighted by molar-refractivity contribution is 7.16. The zero-order valence-electron chi connectivity index (χ0n) is 10.7. The maximum Gasteiger partial charge on any atom is 0.269 e. The Hall–Kier alpha value is -2.18. The smallest absolute Gasteiger partial charge is 0.269 e. The van der Waals surface area contributed by atoms with E-state index >= 15 is 0 Å². The molecule has 21 heavy (non-hydrogen) atoms. The predicted octanol–water partition coefficient (Wildman–Crippen LogP) is 4.47. The summed E-state index contributed by atoms with van der Waals surface area (Å²) in [6.45, 7) is 0.442. The lowest BCUT2D eigenvalue weighted by atomic mass is 10.2. The van der Waals surface area contributed by atoms with Crippen LogP contribution in [0.2, 0.25) is 5.02 Å². The number of fused-ring (bicyclic) bond motifs is 1. The van der Waals surface area contributed by atoms with Gasteiger partial charge in [0.2, 0.25) is 0 Å². The first-order valence-electron chi connectivity index (χ1n) is 6.14. The Morgan fingerprint density at radius 2 is 2.19 bits per heavy atom. The molecule has 0 saturated carbocycles. The fourth-order valence-corrected chi connectivity index (χ4v) is 2.95. The molecule has 1 aromatic heterocycles. The van der Waals surface area contributed by atoms with E-state index in [9.17, 15) is 10.1 Å². The van der Waals surface area contributed by atoms with Gasteiger partial charge in [0.05, 0.1) is 25.8 Å². The van der Waals surface area contributed by atoms with Crippen molar-refractivity contribution in [3.63, 3.8) is 0 Å². The van der Waals surface area contributed by atoms with Crippen LogP contribution in [-0.4, -0.2) is 9.91 Å². The van der Waals surface area contributed by atoms with Crippen molar-refractivity contribution in [3.8, 4) is 0 Å². The van der Waals surface area contributed by atoms with Gasteiger partial charge >= 0.3 is 0 Å². The lowest BCUT2D eigenvalue weighted by Crippen LogP contribution is -2.01. The summed E-state index contributed by atoms with van der Waals surface area (Å²) < 4.78 is 1.04. The van der Waals surface area contributed by atoms with E-state index in [-0.39, 0.29) is 5.69 Å². The van der Waals surface area contributed by atoms with Gasteiger partial charge in [0.15, 0.2) is 0 Å². The minimum Gasteiger partial charge on any atom is -0.378 e. The van der Waals surface area contributed by atoms with Gasteiger partial charge in [-0.25, -0.2) is 4.98 Å². The summed E-state index contributed by atoms with van der Waals surface area (Å²) in [5.41, 5.74) is 4.22. The molecule has 0 aliphatic heterocycles. The Morgan fingerprint density at radius 3 is 3.00 bits per heavy atom. The number of aromatic nitrogens is 1. The summed E-state index contributed by atoms with van der Waals surface area (Å²) in [6.07, 6.45) is 0. The van der Waals surface area contributed by atoms with Crippen molar-refractivity contribution in [2.45, 2.75) is 6.54 Å². The van der Waals surface area contributed by atoms with Crippen LogP contribution in [0.25, 0.3) is 10.2 Å². The Kier molecular flexibility index (Phi) is 3.72. The number of hydrogen-bond donors (Lipinski definition) is 1. The van der Waals surface area contributed by atoms with Gasteiger partial charge < -0.3 is 5.32 Å². The molecular weight excluding hydrogens is 310 g/mol. The second-order valence-electron chi connectivity index (χ2n) is 4.40. The molecule has 2 aromatic carbocycles. The minimum atomic E-state index is -0.405. The number of nitro groups is 1. The van der Waals surface area contributed by atoms with E-state index in [1.54, 1.807) is 17.6 Å². The Bertz CT molecular complexity index is 819. The minimum absolute atomic E-state index is 0.0762. The number of hydrogen-bond acceptors (Lipinski definition) is 5. The van der Waals surface area contributed by atoms with Crippen molar-refractivity contribution in [2.24, 2.45) is 0 Å². The first kappa shape index (κ1) is 13.8. The van der Waals surface area contributed by atoms with Crippen LogP contribution in [0.3, 0.4) is 0 Å². The molecule has 0 fully saturated rings. The zero-order valence-corrected chi connectivity index (χ0v) is 12.3. The highest BCUT2D eigenvalue weighted by Gasteiger charge is 2.10. The van der Waals surface area contributed by atoms with Crippen molar-refractivity contribution in [2.75, 3.05) is 5.32 Å². The van der Waals surface area contributed by atoms with E-state index < -0.39 is 4.92 Å². The van der Waals surface area contributed by atoms with Crippen LogP contribution in [0.5, 0.6) is 0 Å². The van der Waals surface area contributed by atoms with E-state index in [2.05, 4.69) is 10.3 Å². The first-order chi connectivity index (χ1) is 10.1. The third-order valence-electron chi connectivity index (χ3n) is 3.04. The third-order valence-corrected chi connectivity index (χ3v) is 4.15. The van der Waals surface area contributed by atoms with Gasteiger partial charge in [-0.3, -0.25) is 10.1 Å². The number of rotatable bonds is 4. The van der Waals surface area contributed by atoms with Crippen LogP contribution >= 0.6 is 22.9 Å². The Labute approximate surface area is 129 Å². The number of nitrogens with one attached hydrogen (secondary N) is 1. The van der Waals surface area contributed by atoms with Gasteiger partial charge in [-0.2, -0.15) is 0 Å². The van der Waals surface area contributed by atoms with Gasteiger partial charge in [0, 0.05) is 18.7 Å². The zero-order chi connectivity index (χ0) is 14.8. The van der Waals surface area contributed by atoms with Gasteiger partial charge in [-0.05, 0) is 17.7 Å². The number of benzene rings is 2. The standard InChI is InChI=1S/C14H10ClN3O2S/c15-11-4-5-12-14(17-8-21-12)13(11)16-7-9-2-1-3-10(6-9)18(19)20/h1-6,8,16H,7H2. The van der Waals surface area contributed by atoms with E-state index in [0.717, 1.165) is 21.5 Å². The summed E-state index contributed by atoms with van der Waals surface area (Å²) in [5.74, 6) is 0. The third kappa shape index (κ3) is 2.81. The van der Waals surface area contributed by atoms with Gasteiger partial charge in [-0.1, -0.05) is 23.7 Å². The second-order valence-corrected chi connectivity index (χ2v) is 5.70. The van der Waals surface area contributed by atoms with E-state index in [0.29, 0.717) is 11.6 Å². The van der Waals surface area contributed by atoms with Crippen molar-refractivity contribution < 1.29 is 4.92 Å². The summed E-state index contributed by atoms with van der Waals surface area (Å²) in [4.78, 5) is 14.7. The quantitative estimate of drug-likeness (QED) is 0.569. The van der Waals surface area contributed by atoms with E-state index in [1.807, 2.05) is 18.2 Å². The average Bonchev–Trinajstić information content (AvgIpc) is 2.95. The lowest BCUT2D eigenvalue weighted by Gasteiger charge is -2.09. The van der Waals surface area contributed by atoms with E-state index in [4.69, 9.17) is 11.6 Å². The molecule has 0 aliphatic rings. The fraction of sp³-hybridized carbons (Fsp3) is 0.0714. The molecule has 3 aromatic rings. The number of nitrogens with zero attached hydrogens (tertiary/aromatic N) is 2. The lowest BCUT2D eigenvalue weighted by molar-refractivity contribution is -0.384. The van der Waals surface area contributed by atoms with Crippen molar-refractivity contribution in [3.05, 3.63) is 62.6 Å². The maximum atomic E-state index is 10.8. The normalized spacial score (nSPS) is 10.7. The SMILES string of the molecule is O=[N+]([O-])c1cccc(CNc2c(Cl)ccc3scnc23)c1. The summed E-state index contributed by atoms with van der Waals surface area (Å²) >= 11 is 7.74. The highest BCUT2D eigenvalue weighted by Crippen LogP contribution is 2.32. The maximum absolute atomic E-state index is 10.8. The topological polar surface area (TPSA) is 68.1 Å². The van der Waals surface area contributed by atoms with Crippen LogP contribution in [0.1, 0.15) is 5.56 Å². The predicted molar refractivity (Wildman–Crippen MR) is 85.1 cm³/mol. The van der Waals surface area contributed by atoms with Crippen molar-refractivity contribution in [1.29, 1.82) is 0 Å². The van der Waals surface area contributed by atoms with Gasteiger partial charge in [-0.15, -0.1) is 11.3 Å². The van der Waals surface area contributed by atoms with Gasteiger partial charge in [0.25, 0.3) is 5.69 Å². The molecule has 1 heterocycles. The second kappa shape index (κ2) is 5.67. The summed E-state index contributed by atoms with van der Waals surface area (Å²) in [7, 11) is 0. The average molecular weight is 320 g/mol. The molecule has 0 unspecified atom stereocenters. The van der Waals surface area contributed by atoms with Crippen LogP contribution in [0.4, 0.5) is 11.4 Å². The first-order valence-corrected chi connectivity index (χ1v) is 7.40. The molecule has 0 atom stereocenters. The molecule has 3 rings (SSSR count). The molecule has 0 aliphatic carbocycles.